The number of pyridine rings is 1. The average Bonchev–Trinajstić information content (AvgIpc) is 3.15. The molecule has 0 N–H and O–H groups in total. The Hall–Kier alpha value is -3.39. The fourth-order valence-corrected chi connectivity index (χ4v) is 3.93. The van der Waals surface area contributed by atoms with E-state index in [4.69, 9.17) is 11.6 Å². The average molecular weight is 491 g/mol. The smallest absolute Gasteiger partial charge is 0.406 e. The second-order valence-electron chi connectivity index (χ2n) is 7.65. The molecule has 176 valence electrons. The minimum absolute atomic E-state index is 0.128. The molecule has 2 aromatic heterocycles. The second-order valence-corrected chi connectivity index (χ2v) is 8.08. The lowest BCUT2D eigenvalue weighted by Crippen LogP contribution is -2.16. The minimum Gasteiger partial charge on any atom is -0.406 e. The monoisotopic (exact) mass is 490 g/mol. The number of carbonyl (C=O) groups is 1. The van der Waals surface area contributed by atoms with Crippen molar-refractivity contribution >= 4 is 23.0 Å². The van der Waals surface area contributed by atoms with Gasteiger partial charge < -0.3 is 4.74 Å². The van der Waals surface area contributed by atoms with Gasteiger partial charge in [0.1, 0.15) is 22.9 Å². The predicted octanol–water partition coefficient (Wildman–Crippen LogP) is 7.07. The first kappa shape index (κ1) is 23.8. The normalized spacial score (nSPS) is 11.7. The highest BCUT2D eigenvalue weighted by Crippen LogP contribution is 2.29. The molecular weight excluding hydrogens is 472 g/mol. The predicted molar refractivity (Wildman–Crippen MR) is 121 cm³/mol. The van der Waals surface area contributed by atoms with Crippen molar-refractivity contribution in [1.29, 1.82) is 0 Å². The van der Waals surface area contributed by atoms with Crippen LogP contribution in [-0.4, -0.2) is 21.5 Å². The number of alkyl halides is 3. The van der Waals surface area contributed by atoms with Gasteiger partial charge in [-0.3, -0.25) is 9.20 Å². The number of benzene rings is 2. The highest BCUT2D eigenvalue weighted by Gasteiger charge is 2.31. The maximum Gasteiger partial charge on any atom is 0.573 e. The lowest BCUT2D eigenvalue weighted by Gasteiger charge is -2.10. The van der Waals surface area contributed by atoms with Gasteiger partial charge in [0.15, 0.2) is 5.78 Å². The zero-order valence-corrected chi connectivity index (χ0v) is 18.8. The molecule has 0 radical (unpaired) electrons. The summed E-state index contributed by atoms with van der Waals surface area (Å²) in [7, 11) is 0. The number of aromatic nitrogens is 2. The molecule has 9 heteroatoms. The van der Waals surface area contributed by atoms with Gasteiger partial charge in [0.25, 0.3) is 0 Å². The van der Waals surface area contributed by atoms with Gasteiger partial charge in [-0.25, -0.2) is 9.37 Å². The number of hydrogen-bond donors (Lipinski definition) is 0. The van der Waals surface area contributed by atoms with Gasteiger partial charge >= 0.3 is 6.36 Å². The molecule has 2 aromatic carbocycles. The molecule has 0 saturated carbocycles. The number of ether oxygens (including phenoxy) is 1. The summed E-state index contributed by atoms with van der Waals surface area (Å²) < 4.78 is 57.2. The number of aryl methyl sites for hydroxylation is 2. The van der Waals surface area contributed by atoms with Crippen molar-refractivity contribution in [3.8, 4) is 16.9 Å². The first-order chi connectivity index (χ1) is 16.1. The molecule has 0 aliphatic rings. The third kappa shape index (κ3) is 5.22. The van der Waals surface area contributed by atoms with E-state index in [0.29, 0.717) is 46.0 Å². The zero-order valence-electron chi connectivity index (χ0n) is 18.0. The van der Waals surface area contributed by atoms with E-state index in [9.17, 15) is 22.4 Å². The van der Waals surface area contributed by atoms with E-state index in [-0.39, 0.29) is 23.5 Å². The summed E-state index contributed by atoms with van der Waals surface area (Å²) in [5.41, 5.74) is 3.04. The molecule has 0 aliphatic heterocycles. The summed E-state index contributed by atoms with van der Waals surface area (Å²) in [6.07, 6.45) is -2.10. The third-order valence-corrected chi connectivity index (χ3v) is 5.55. The topological polar surface area (TPSA) is 43.6 Å². The number of rotatable bonds is 7. The first-order valence-electron chi connectivity index (χ1n) is 10.5. The van der Waals surface area contributed by atoms with Crippen molar-refractivity contribution in [2.75, 3.05) is 0 Å². The van der Waals surface area contributed by atoms with Gasteiger partial charge in [0.2, 0.25) is 0 Å². The molecule has 0 unspecified atom stereocenters. The molecule has 4 rings (SSSR count). The van der Waals surface area contributed by atoms with Crippen LogP contribution in [0.25, 0.3) is 16.8 Å². The zero-order chi connectivity index (χ0) is 24.5. The Morgan fingerprint density at radius 2 is 1.82 bits per heavy atom. The van der Waals surface area contributed by atoms with Crippen LogP contribution in [-0.2, 0) is 12.8 Å². The van der Waals surface area contributed by atoms with Gasteiger partial charge in [-0.05, 0) is 54.3 Å². The van der Waals surface area contributed by atoms with Crippen molar-refractivity contribution in [1.82, 2.24) is 9.38 Å². The number of hydrogen-bond acceptors (Lipinski definition) is 3. The van der Waals surface area contributed by atoms with Gasteiger partial charge in [0.05, 0.1) is 10.7 Å². The SMILES string of the molecule is CCc1nc2ccc(Cl)cn2c1C(=O)CCc1ccc(-c2ccc(OC(F)(F)F)cc2)c(F)c1. The van der Waals surface area contributed by atoms with Gasteiger partial charge in [0, 0.05) is 18.2 Å². The summed E-state index contributed by atoms with van der Waals surface area (Å²) in [5.74, 6) is -1.05. The molecule has 0 bridgehead atoms. The van der Waals surface area contributed by atoms with Gasteiger partial charge in [-0.15, -0.1) is 13.2 Å². The maximum atomic E-state index is 14.8. The van der Waals surface area contributed by atoms with E-state index in [1.165, 1.54) is 18.2 Å². The Kier molecular flexibility index (Phi) is 6.61. The molecule has 4 aromatic rings. The van der Waals surface area contributed by atoms with Crippen LogP contribution in [0.2, 0.25) is 5.02 Å². The number of nitrogens with zero attached hydrogens (tertiary/aromatic N) is 2. The number of halogens is 5. The summed E-state index contributed by atoms with van der Waals surface area (Å²) >= 11 is 6.08. The Balaban J connectivity index is 1.49. The van der Waals surface area contributed by atoms with Crippen molar-refractivity contribution in [3.63, 3.8) is 0 Å². The Bertz CT molecular complexity index is 1350. The Labute approximate surface area is 197 Å². The highest BCUT2D eigenvalue weighted by molar-refractivity contribution is 6.30. The molecule has 4 nitrogen and oxygen atoms in total. The molecular formula is C25H19ClF4N2O2. The number of Topliss-reactive ketones (excluding diaryl/α,β-unsaturated/α-hetero) is 1. The van der Waals surface area contributed by atoms with E-state index < -0.39 is 12.2 Å². The van der Waals surface area contributed by atoms with Crippen molar-refractivity contribution in [3.05, 3.63) is 88.6 Å². The summed E-state index contributed by atoms with van der Waals surface area (Å²) in [4.78, 5) is 17.5. The summed E-state index contributed by atoms with van der Waals surface area (Å²) in [6, 6.07) is 13.0. The molecule has 2 heterocycles. The molecule has 0 spiro atoms. The van der Waals surface area contributed by atoms with E-state index in [0.717, 1.165) is 12.1 Å². The molecule has 0 saturated heterocycles. The van der Waals surface area contributed by atoms with Crippen LogP contribution in [0.1, 0.15) is 35.1 Å². The highest BCUT2D eigenvalue weighted by atomic mass is 35.5. The van der Waals surface area contributed by atoms with Crippen molar-refractivity contribution in [2.45, 2.75) is 32.5 Å². The number of imidazole rings is 1. The van der Waals surface area contributed by atoms with Crippen LogP contribution in [0.15, 0.2) is 60.8 Å². The number of ketones is 1. The fraction of sp³-hybridized carbons (Fsp3) is 0.200. The van der Waals surface area contributed by atoms with Crippen LogP contribution >= 0.6 is 11.6 Å². The van der Waals surface area contributed by atoms with Crippen LogP contribution in [0.3, 0.4) is 0 Å². The largest absolute Gasteiger partial charge is 0.573 e. The molecule has 0 fully saturated rings. The summed E-state index contributed by atoms with van der Waals surface area (Å²) in [5, 5.41) is 0.484. The van der Waals surface area contributed by atoms with Crippen molar-refractivity contribution in [2.24, 2.45) is 0 Å². The van der Waals surface area contributed by atoms with Crippen molar-refractivity contribution < 1.29 is 27.1 Å². The molecule has 0 aliphatic carbocycles. The molecule has 0 atom stereocenters. The van der Waals surface area contributed by atoms with E-state index in [1.54, 1.807) is 34.9 Å². The van der Waals surface area contributed by atoms with E-state index in [1.807, 2.05) is 6.92 Å². The first-order valence-corrected chi connectivity index (χ1v) is 10.9. The van der Waals surface area contributed by atoms with Crippen LogP contribution in [0.4, 0.5) is 17.6 Å². The lowest BCUT2D eigenvalue weighted by molar-refractivity contribution is -0.274. The second kappa shape index (κ2) is 9.46. The van der Waals surface area contributed by atoms with E-state index in [2.05, 4.69) is 9.72 Å². The van der Waals surface area contributed by atoms with Crippen LogP contribution in [0, 0.1) is 5.82 Å². The fourth-order valence-electron chi connectivity index (χ4n) is 3.77. The minimum atomic E-state index is -4.79. The Morgan fingerprint density at radius 3 is 2.47 bits per heavy atom. The van der Waals surface area contributed by atoms with Crippen LogP contribution in [0.5, 0.6) is 5.75 Å². The van der Waals surface area contributed by atoms with Gasteiger partial charge in [-0.1, -0.05) is 42.8 Å². The standard InChI is InChI=1S/C25H19ClF4N2O2/c1-2-21-24(32-14-17(26)7-12-23(32)31-21)22(33)11-4-15-3-10-19(20(27)13-15)16-5-8-18(9-6-16)34-25(28,29)30/h3,5-10,12-14H,2,4,11H2,1H3. The van der Waals surface area contributed by atoms with Gasteiger partial charge in [-0.2, -0.15) is 0 Å². The van der Waals surface area contributed by atoms with E-state index >= 15 is 0 Å². The lowest BCUT2D eigenvalue weighted by atomic mass is 9.99. The third-order valence-electron chi connectivity index (χ3n) is 5.33. The number of fused-ring (bicyclic) bond motifs is 1. The Morgan fingerprint density at radius 1 is 1.09 bits per heavy atom. The summed E-state index contributed by atoms with van der Waals surface area (Å²) in [6.45, 7) is 1.91. The van der Waals surface area contributed by atoms with Crippen LogP contribution < -0.4 is 4.74 Å². The molecule has 34 heavy (non-hydrogen) atoms. The maximum absolute atomic E-state index is 14.8. The molecule has 0 amide bonds. The number of carbonyl (C=O) groups excluding carboxylic acids is 1. The quantitative estimate of drug-likeness (QED) is 0.205.